The Morgan fingerprint density at radius 1 is 1.20 bits per heavy atom. The van der Waals surface area contributed by atoms with Crippen LogP contribution in [-0.4, -0.2) is 29.4 Å². The summed E-state index contributed by atoms with van der Waals surface area (Å²) < 4.78 is 0. The lowest BCUT2D eigenvalue weighted by Gasteiger charge is -2.20. The van der Waals surface area contributed by atoms with Crippen LogP contribution < -0.4 is 16.8 Å². The molecule has 0 aliphatic carbocycles. The van der Waals surface area contributed by atoms with Crippen molar-refractivity contribution in [1.82, 2.24) is 5.32 Å². The third-order valence-electron chi connectivity index (χ3n) is 2.91. The number of nitrogens with one attached hydrogen (secondary N) is 1. The molecular weight excluding hydrogens is 260 g/mol. The Morgan fingerprint density at radius 3 is 2.15 bits per heavy atom. The normalized spacial score (nSPS) is 12.0. The highest BCUT2D eigenvalue weighted by atomic mass is 16.4. The van der Waals surface area contributed by atoms with E-state index in [0.29, 0.717) is 11.1 Å². The van der Waals surface area contributed by atoms with Crippen molar-refractivity contribution in [2.45, 2.75) is 13.8 Å². The summed E-state index contributed by atoms with van der Waals surface area (Å²) >= 11 is 0. The number of carbonyl (C=O) groups excluding carboxylic acids is 2. The molecule has 0 saturated carbocycles. The standard InChI is InChI=1S/C13H18N4O3/c1-13(2,12(15)19)7-16-11(18)9-5-3-8(4-6-9)10(14)17-20/h3-6,20H,7H2,1-2H3,(H2,14,17)(H2,15,19)(H,16,18). The quantitative estimate of drug-likeness (QED) is 0.262. The maximum absolute atomic E-state index is 11.9. The average Bonchev–Trinajstić information content (AvgIpc) is 2.44. The molecule has 1 aromatic rings. The second kappa shape index (κ2) is 6.05. The van der Waals surface area contributed by atoms with E-state index in [-0.39, 0.29) is 18.3 Å². The maximum Gasteiger partial charge on any atom is 0.251 e. The number of primary amides is 1. The van der Waals surface area contributed by atoms with Gasteiger partial charge in [0.2, 0.25) is 5.91 Å². The molecule has 0 fully saturated rings. The SMILES string of the molecule is CC(C)(CNC(=O)c1ccc(/C(N)=N/O)cc1)C(N)=O. The smallest absolute Gasteiger partial charge is 0.251 e. The summed E-state index contributed by atoms with van der Waals surface area (Å²) in [6, 6.07) is 6.20. The molecule has 0 radical (unpaired) electrons. The lowest BCUT2D eigenvalue weighted by atomic mass is 9.92. The Labute approximate surface area is 116 Å². The summed E-state index contributed by atoms with van der Waals surface area (Å²) in [6.45, 7) is 3.44. The van der Waals surface area contributed by atoms with Gasteiger partial charge >= 0.3 is 0 Å². The summed E-state index contributed by atoms with van der Waals surface area (Å²) in [4.78, 5) is 23.0. The van der Waals surface area contributed by atoms with Crippen molar-refractivity contribution in [2.75, 3.05) is 6.54 Å². The highest BCUT2D eigenvalue weighted by Gasteiger charge is 2.25. The first-order valence-electron chi connectivity index (χ1n) is 5.94. The van der Waals surface area contributed by atoms with Crippen molar-refractivity contribution in [3.63, 3.8) is 0 Å². The van der Waals surface area contributed by atoms with Crippen LogP contribution in [0, 0.1) is 5.41 Å². The zero-order valence-corrected chi connectivity index (χ0v) is 11.4. The minimum Gasteiger partial charge on any atom is -0.409 e. The van der Waals surface area contributed by atoms with Crippen molar-refractivity contribution in [3.8, 4) is 0 Å². The molecule has 20 heavy (non-hydrogen) atoms. The van der Waals surface area contributed by atoms with E-state index in [1.807, 2.05) is 0 Å². The summed E-state index contributed by atoms with van der Waals surface area (Å²) in [7, 11) is 0. The number of hydrogen-bond acceptors (Lipinski definition) is 4. The molecule has 0 aliphatic heterocycles. The van der Waals surface area contributed by atoms with Gasteiger partial charge in [-0.15, -0.1) is 0 Å². The second-order valence-corrected chi connectivity index (χ2v) is 4.99. The van der Waals surface area contributed by atoms with Gasteiger partial charge in [-0.05, 0) is 26.0 Å². The topological polar surface area (TPSA) is 131 Å². The molecule has 0 bridgehead atoms. The summed E-state index contributed by atoms with van der Waals surface area (Å²) in [5.41, 5.74) is 10.7. The zero-order chi connectivity index (χ0) is 15.3. The van der Waals surface area contributed by atoms with Gasteiger partial charge in [-0.3, -0.25) is 9.59 Å². The van der Waals surface area contributed by atoms with Crippen LogP contribution in [-0.2, 0) is 4.79 Å². The van der Waals surface area contributed by atoms with Crippen LogP contribution in [0.4, 0.5) is 0 Å². The molecule has 7 heteroatoms. The number of hydrogen-bond donors (Lipinski definition) is 4. The predicted octanol–water partition coefficient (Wildman–Crippen LogP) is 0.0224. The van der Waals surface area contributed by atoms with E-state index in [2.05, 4.69) is 10.5 Å². The number of nitrogens with two attached hydrogens (primary N) is 2. The Balaban J connectivity index is 2.72. The van der Waals surface area contributed by atoms with E-state index in [1.165, 1.54) is 0 Å². The largest absolute Gasteiger partial charge is 0.409 e. The molecule has 0 aromatic heterocycles. The van der Waals surface area contributed by atoms with E-state index in [9.17, 15) is 9.59 Å². The first-order valence-corrected chi connectivity index (χ1v) is 5.94. The molecule has 0 aliphatic rings. The number of amidine groups is 1. The van der Waals surface area contributed by atoms with Crippen LogP contribution in [0.3, 0.4) is 0 Å². The van der Waals surface area contributed by atoms with Gasteiger partial charge in [0.25, 0.3) is 5.91 Å². The van der Waals surface area contributed by atoms with Crippen molar-refractivity contribution < 1.29 is 14.8 Å². The van der Waals surface area contributed by atoms with E-state index in [0.717, 1.165) is 0 Å². The Kier molecular flexibility index (Phi) is 4.68. The molecule has 0 atom stereocenters. The minimum atomic E-state index is -0.816. The fourth-order valence-electron chi connectivity index (χ4n) is 1.34. The third kappa shape index (κ3) is 3.71. The highest BCUT2D eigenvalue weighted by Crippen LogP contribution is 2.12. The lowest BCUT2D eigenvalue weighted by molar-refractivity contribution is -0.125. The van der Waals surface area contributed by atoms with Crippen LogP contribution in [0.15, 0.2) is 29.4 Å². The Morgan fingerprint density at radius 2 is 1.70 bits per heavy atom. The van der Waals surface area contributed by atoms with Gasteiger partial charge in [-0.2, -0.15) is 0 Å². The van der Waals surface area contributed by atoms with Gasteiger partial charge in [0, 0.05) is 17.7 Å². The summed E-state index contributed by atoms with van der Waals surface area (Å²) in [6.07, 6.45) is 0. The summed E-state index contributed by atoms with van der Waals surface area (Å²) in [5.74, 6) is -0.850. The minimum absolute atomic E-state index is 0.0354. The second-order valence-electron chi connectivity index (χ2n) is 4.99. The zero-order valence-electron chi connectivity index (χ0n) is 11.4. The molecule has 0 heterocycles. The van der Waals surface area contributed by atoms with Gasteiger partial charge < -0.3 is 22.0 Å². The predicted molar refractivity (Wildman–Crippen MR) is 74.3 cm³/mol. The summed E-state index contributed by atoms with van der Waals surface area (Å²) in [5, 5.41) is 14.0. The molecule has 1 aromatic carbocycles. The van der Waals surface area contributed by atoms with Crippen molar-refractivity contribution in [1.29, 1.82) is 0 Å². The highest BCUT2D eigenvalue weighted by molar-refractivity contribution is 5.99. The Hall–Kier alpha value is -2.57. The number of rotatable bonds is 5. The molecule has 0 spiro atoms. The number of nitrogens with zero attached hydrogens (tertiary/aromatic N) is 1. The van der Waals surface area contributed by atoms with Crippen LogP contribution in [0.2, 0.25) is 0 Å². The molecule has 108 valence electrons. The van der Waals surface area contributed by atoms with Gasteiger partial charge in [0.05, 0.1) is 5.41 Å². The van der Waals surface area contributed by atoms with Crippen molar-refractivity contribution >= 4 is 17.6 Å². The van der Waals surface area contributed by atoms with E-state index < -0.39 is 11.3 Å². The van der Waals surface area contributed by atoms with Crippen LogP contribution in [0.25, 0.3) is 0 Å². The van der Waals surface area contributed by atoms with Gasteiger partial charge in [-0.1, -0.05) is 17.3 Å². The van der Waals surface area contributed by atoms with Gasteiger partial charge in [-0.25, -0.2) is 0 Å². The third-order valence-corrected chi connectivity index (χ3v) is 2.91. The lowest BCUT2D eigenvalue weighted by Crippen LogP contribution is -2.42. The van der Waals surface area contributed by atoms with Crippen molar-refractivity contribution in [3.05, 3.63) is 35.4 Å². The fraction of sp³-hybridized carbons (Fsp3) is 0.308. The maximum atomic E-state index is 11.9. The number of benzene rings is 1. The van der Waals surface area contributed by atoms with Gasteiger partial charge in [0.15, 0.2) is 5.84 Å². The molecular formula is C13H18N4O3. The molecule has 6 N–H and O–H groups in total. The molecule has 0 unspecified atom stereocenters. The number of carbonyl (C=O) groups is 2. The monoisotopic (exact) mass is 278 g/mol. The van der Waals surface area contributed by atoms with Crippen molar-refractivity contribution in [2.24, 2.45) is 22.0 Å². The first kappa shape index (κ1) is 15.5. The van der Waals surface area contributed by atoms with E-state index in [4.69, 9.17) is 16.7 Å². The Bertz CT molecular complexity index is 535. The molecule has 2 amide bonds. The number of oxime groups is 1. The van der Waals surface area contributed by atoms with Crippen LogP contribution in [0.1, 0.15) is 29.8 Å². The van der Waals surface area contributed by atoms with E-state index in [1.54, 1.807) is 38.1 Å². The van der Waals surface area contributed by atoms with E-state index >= 15 is 0 Å². The fourth-order valence-corrected chi connectivity index (χ4v) is 1.34. The average molecular weight is 278 g/mol. The van der Waals surface area contributed by atoms with Gasteiger partial charge in [0.1, 0.15) is 0 Å². The molecule has 7 nitrogen and oxygen atoms in total. The molecule has 1 rings (SSSR count). The number of amides is 2. The first-order chi connectivity index (χ1) is 9.27. The van der Waals surface area contributed by atoms with Crippen LogP contribution in [0.5, 0.6) is 0 Å². The van der Waals surface area contributed by atoms with Crippen LogP contribution >= 0.6 is 0 Å². The molecule has 0 saturated heterocycles.